The van der Waals surface area contributed by atoms with Crippen molar-refractivity contribution >= 4 is 17.2 Å². The van der Waals surface area contributed by atoms with E-state index in [0.29, 0.717) is 11.0 Å². The zero-order valence-electron chi connectivity index (χ0n) is 12.8. The van der Waals surface area contributed by atoms with Crippen LogP contribution in [0.4, 0.5) is 5.69 Å². The van der Waals surface area contributed by atoms with E-state index in [9.17, 15) is 0 Å². The molecule has 0 bridgehead atoms. The van der Waals surface area contributed by atoms with E-state index in [1.165, 1.54) is 17.1 Å². The lowest BCUT2D eigenvalue weighted by Crippen LogP contribution is -1.94. The Morgan fingerprint density at radius 2 is 1.73 bits per heavy atom. The molecule has 0 radical (unpaired) electrons. The van der Waals surface area contributed by atoms with Crippen molar-refractivity contribution in [1.82, 2.24) is 9.36 Å². The fourth-order valence-corrected chi connectivity index (χ4v) is 2.65. The molecule has 0 amide bonds. The van der Waals surface area contributed by atoms with Gasteiger partial charge in [0, 0.05) is 22.8 Å². The summed E-state index contributed by atoms with van der Waals surface area (Å²) in [4.78, 5) is 4.45. The van der Waals surface area contributed by atoms with Crippen molar-refractivity contribution in [3.63, 3.8) is 0 Å². The van der Waals surface area contributed by atoms with Gasteiger partial charge in [-0.1, -0.05) is 29.8 Å². The molecule has 0 aliphatic carbocycles. The second kappa shape index (κ2) is 5.77. The monoisotopic (exact) mass is 311 g/mol. The van der Waals surface area contributed by atoms with E-state index in [0.717, 1.165) is 28.1 Å². The molecule has 1 heterocycles. The summed E-state index contributed by atoms with van der Waals surface area (Å²) in [5.41, 5.74) is 10.8. The number of ether oxygens (including phenoxy) is 1. The summed E-state index contributed by atoms with van der Waals surface area (Å²) in [6, 6.07) is 12.0. The molecule has 0 atom stereocenters. The molecular formula is C17H17N3OS. The van der Waals surface area contributed by atoms with Crippen LogP contribution in [0.1, 0.15) is 16.7 Å². The summed E-state index contributed by atoms with van der Waals surface area (Å²) in [6.45, 7) is 5.98. The minimum Gasteiger partial charge on any atom is -0.430 e. The predicted octanol–water partition coefficient (Wildman–Crippen LogP) is 4.50. The maximum atomic E-state index is 5.89. The highest BCUT2D eigenvalue weighted by Crippen LogP contribution is 2.31. The van der Waals surface area contributed by atoms with Crippen molar-refractivity contribution < 1.29 is 4.74 Å². The number of hydrogen-bond acceptors (Lipinski definition) is 5. The van der Waals surface area contributed by atoms with Crippen LogP contribution >= 0.6 is 11.5 Å². The number of anilines is 1. The Labute approximate surface area is 133 Å². The molecule has 112 valence electrons. The molecule has 0 saturated heterocycles. The maximum Gasteiger partial charge on any atom is 0.299 e. The van der Waals surface area contributed by atoms with E-state index < -0.39 is 0 Å². The second-order valence-corrected chi connectivity index (χ2v) is 6.04. The summed E-state index contributed by atoms with van der Waals surface area (Å²) in [5, 5.41) is 0.530. The molecule has 0 spiro atoms. The molecule has 0 saturated carbocycles. The summed E-state index contributed by atoms with van der Waals surface area (Å²) < 4.78 is 10.2. The number of nitrogens with zero attached hydrogens (tertiary/aromatic N) is 2. The summed E-state index contributed by atoms with van der Waals surface area (Å²) in [5.74, 6) is 1.45. The first-order valence-electron chi connectivity index (χ1n) is 6.98. The standard InChI is InChI=1S/C17H17N3OS/c1-10-4-6-13(7-5-10)16-19-17(22-20-16)21-15-9-11(2)14(18)8-12(15)3/h4-9H,18H2,1-3H3. The number of aromatic nitrogens is 2. The molecule has 22 heavy (non-hydrogen) atoms. The normalized spacial score (nSPS) is 10.7. The van der Waals surface area contributed by atoms with Crippen LogP contribution in [0.2, 0.25) is 0 Å². The molecule has 4 nitrogen and oxygen atoms in total. The lowest BCUT2D eigenvalue weighted by atomic mass is 10.1. The molecule has 5 heteroatoms. The number of nitrogens with two attached hydrogens (primary N) is 1. The first-order valence-corrected chi connectivity index (χ1v) is 7.75. The number of aryl methyl sites for hydroxylation is 3. The predicted molar refractivity (Wildman–Crippen MR) is 90.5 cm³/mol. The molecule has 1 aromatic heterocycles. The van der Waals surface area contributed by atoms with Crippen LogP contribution in [0.15, 0.2) is 36.4 Å². The average Bonchev–Trinajstić information content (AvgIpc) is 2.94. The Hall–Kier alpha value is -2.40. The van der Waals surface area contributed by atoms with E-state index >= 15 is 0 Å². The highest BCUT2D eigenvalue weighted by atomic mass is 32.1. The van der Waals surface area contributed by atoms with Crippen LogP contribution < -0.4 is 10.5 Å². The number of rotatable bonds is 3. The third-order valence-electron chi connectivity index (χ3n) is 3.48. The van der Waals surface area contributed by atoms with Crippen LogP contribution in [0.3, 0.4) is 0 Å². The minimum absolute atomic E-state index is 0.530. The van der Waals surface area contributed by atoms with Gasteiger partial charge in [-0.3, -0.25) is 0 Å². The fourth-order valence-electron chi connectivity index (χ4n) is 2.09. The molecule has 2 aromatic carbocycles. The Morgan fingerprint density at radius 1 is 1.00 bits per heavy atom. The Morgan fingerprint density at radius 3 is 2.45 bits per heavy atom. The van der Waals surface area contributed by atoms with E-state index in [1.54, 1.807) is 0 Å². The summed E-state index contributed by atoms with van der Waals surface area (Å²) >= 11 is 1.25. The summed E-state index contributed by atoms with van der Waals surface area (Å²) in [7, 11) is 0. The smallest absolute Gasteiger partial charge is 0.299 e. The molecule has 2 N–H and O–H groups in total. The van der Waals surface area contributed by atoms with Gasteiger partial charge in [-0.2, -0.15) is 9.36 Å². The van der Waals surface area contributed by atoms with E-state index in [-0.39, 0.29) is 0 Å². The van der Waals surface area contributed by atoms with Crippen molar-refractivity contribution in [2.24, 2.45) is 0 Å². The molecule has 0 unspecified atom stereocenters. The molecular weight excluding hydrogens is 294 g/mol. The number of nitrogen functional groups attached to an aromatic ring is 1. The quantitative estimate of drug-likeness (QED) is 0.723. The van der Waals surface area contributed by atoms with Crippen LogP contribution in [0.25, 0.3) is 11.4 Å². The fraction of sp³-hybridized carbons (Fsp3) is 0.176. The van der Waals surface area contributed by atoms with Gasteiger partial charge in [0.05, 0.1) is 0 Å². The molecule has 3 aromatic rings. The largest absolute Gasteiger partial charge is 0.430 e. The molecule has 3 rings (SSSR count). The number of hydrogen-bond donors (Lipinski definition) is 1. The SMILES string of the molecule is Cc1ccc(-c2nsc(Oc3cc(C)c(N)cc3C)n2)cc1. The molecule has 0 aliphatic rings. The van der Waals surface area contributed by atoms with Gasteiger partial charge in [-0.25, -0.2) is 0 Å². The zero-order valence-corrected chi connectivity index (χ0v) is 13.6. The average molecular weight is 311 g/mol. The highest BCUT2D eigenvalue weighted by molar-refractivity contribution is 7.07. The lowest BCUT2D eigenvalue weighted by molar-refractivity contribution is 0.475. The van der Waals surface area contributed by atoms with Gasteiger partial charge >= 0.3 is 0 Å². The van der Waals surface area contributed by atoms with Crippen LogP contribution in [0, 0.1) is 20.8 Å². The van der Waals surface area contributed by atoms with Crippen molar-refractivity contribution in [3.05, 3.63) is 53.1 Å². The van der Waals surface area contributed by atoms with Gasteiger partial charge in [0.25, 0.3) is 5.19 Å². The molecule has 0 fully saturated rings. The Kier molecular flexibility index (Phi) is 3.81. The van der Waals surface area contributed by atoms with Crippen molar-refractivity contribution in [1.29, 1.82) is 0 Å². The van der Waals surface area contributed by atoms with Gasteiger partial charge < -0.3 is 10.5 Å². The van der Waals surface area contributed by atoms with Crippen LogP contribution in [-0.4, -0.2) is 9.36 Å². The Balaban J connectivity index is 1.86. The van der Waals surface area contributed by atoms with Crippen molar-refractivity contribution in [2.45, 2.75) is 20.8 Å². The van der Waals surface area contributed by atoms with Gasteiger partial charge in [0.2, 0.25) is 0 Å². The zero-order chi connectivity index (χ0) is 15.7. The third kappa shape index (κ3) is 2.94. The van der Waals surface area contributed by atoms with Crippen LogP contribution in [-0.2, 0) is 0 Å². The Bertz CT molecular complexity index is 809. The maximum absolute atomic E-state index is 5.89. The first kappa shape index (κ1) is 14.5. The van der Waals surface area contributed by atoms with Gasteiger partial charge in [-0.05, 0) is 44.0 Å². The van der Waals surface area contributed by atoms with Crippen molar-refractivity contribution in [3.8, 4) is 22.3 Å². The highest BCUT2D eigenvalue weighted by Gasteiger charge is 2.10. The molecule has 0 aliphatic heterocycles. The summed E-state index contributed by atoms with van der Waals surface area (Å²) in [6.07, 6.45) is 0. The topological polar surface area (TPSA) is 61.0 Å². The first-order chi connectivity index (χ1) is 10.5. The van der Waals surface area contributed by atoms with Gasteiger partial charge in [0.15, 0.2) is 5.82 Å². The van der Waals surface area contributed by atoms with Gasteiger partial charge in [0.1, 0.15) is 5.75 Å². The van der Waals surface area contributed by atoms with Crippen LogP contribution in [0.5, 0.6) is 10.9 Å². The van der Waals surface area contributed by atoms with E-state index in [2.05, 4.69) is 16.3 Å². The van der Waals surface area contributed by atoms with Crippen molar-refractivity contribution in [2.75, 3.05) is 5.73 Å². The lowest BCUT2D eigenvalue weighted by Gasteiger charge is -2.08. The second-order valence-electron chi connectivity index (χ2n) is 5.33. The third-order valence-corrected chi connectivity index (χ3v) is 4.07. The minimum atomic E-state index is 0.530. The van der Waals surface area contributed by atoms with E-state index in [1.807, 2.05) is 50.2 Å². The van der Waals surface area contributed by atoms with E-state index in [4.69, 9.17) is 10.5 Å². The van der Waals surface area contributed by atoms with Gasteiger partial charge in [-0.15, -0.1) is 0 Å². The number of benzene rings is 2.